The van der Waals surface area contributed by atoms with Gasteiger partial charge in [-0.15, -0.1) is 0 Å². The number of hydrogen-bond donors (Lipinski definition) is 1. The van der Waals surface area contributed by atoms with Gasteiger partial charge in [-0.1, -0.05) is 6.07 Å². The number of pyridine rings is 1. The fourth-order valence-electron chi connectivity index (χ4n) is 3.36. The lowest BCUT2D eigenvalue weighted by atomic mass is 10.1. The molecule has 0 aliphatic heterocycles. The van der Waals surface area contributed by atoms with Gasteiger partial charge in [0.2, 0.25) is 0 Å². The number of hydrogen-bond acceptors (Lipinski definition) is 5. The maximum Gasteiger partial charge on any atom is 0.265 e. The van der Waals surface area contributed by atoms with Crippen LogP contribution in [0.4, 0.5) is 5.69 Å². The van der Waals surface area contributed by atoms with E-state index in [9.17, 15) is 8.42 Å². The van der Waals surface area contributed by atoms with E-state index < -0.39 is 10.0 Å². The molecule has 9 heteroatoms. The molecule has 1 aromatic carbocycles. The molecule has 0 fully saturated rings. The van der Waals surface area contributed by atoms with E-state index in [1.54, 1.807) is 37.7 Å². The van der Waals surface area contributed by atoms with E-state index >= 15 is 0 Å². The van der Waals surface area contributed by atoms with E-state index in [1.165, 1.54) is 7.11 Å². The van der Waals surface area contributed by atoms with Crippen molar-refractivity contribution in [2.45, 2.75) is 18.7 Å². The van der Waals surface area contributed by atoms with Crippen LogP contribution in [0.5, 0.6) is 5.75 Å². The van der Waals surface area contributed by atoms with Crippen LogP contribution < -0.4 is 9.46 Å². The maximum absolute atomic E-state index is 13.1. The highest BCUT2D eigenvalue weighted by Crippen LogP contribution is 2.33. The summed E-state index contributed by atoms with van der Waals surface area (Å²) in [4.78, 5) is 4.76. The Kier molecular flexibility index (Phi) is 4.54. The number of sulfonamides is 1. The van der Waals surface area contributed by atoms with Crippen LogP contribution >= 0.6 is 0 Å². The number of methoxy groups -OCH3 is 1. The largest absolute Gasteiger partial charge is 0.495 e. The topological polar surface area (TPSA) is 90.5 Å². The Morgan fingerprint density at radius 2 is 1.93 bits per heavy atom. The Morgan fingerprint density at radius 3 is 2.59 bits per heavy atom. The van der Waals surface area contributed by atoms with Crippen molar-refractivity contribution in [2.75, 3.05) is 11.8 Å². The van der Waals surface area contributed by atoms with Crippen molar-refractivity contribution in [1.82, 2.24) is 19.2 Å². The second-order valence-electron chi connectivity index (χ2n) is 6.74. The summed E-state index contributed by atoms with van der Waals surface area (Å²) in [6.45, 7) is 3.39. The quantitative estimate of drug-likeness (QED) is 0.545. The fraction of sp³-hybridized carbons (Fsp3) is 0.200. The standard InChI is InChI=1S/C20H21N5O3S/c1-13-20(14(2)24(3)22-13)29(26,27)23-16-11-15(8-9-18(16)28-4)17-12-25-10-6-5-7-19(25)21-17/h5-12,23H,1-4H3. The maximum atomic E-state index is 13.1. The highest BCUT2D eigenvalue weighted by molar-refractivity contribution is 7.92. The SMILES string of the molecule is COc1ccc(-c2cn3ccccc3n2)cc1NS(=O)(=O)c1c(C)nn(C)c1C. The van der Waals surface area contributed by atoms with Crippen LogP contribution in [0.1, 0.15) is 11.4 Å². The first-order valence-electron chi connectivity index (χ1n) is 8.95. The van der Waals surface area contributed by atoms with Gasteiger partial charge in [-0.05, 0) is 44.2 Å². The average Bonchev–Trinajstić information content (AvgIpc) is 3.22. The second kappa shape index (κ2) is 6.93. The molecule has 4 rings (SSSR count). The van der Waals surface area contributed by atoms with Gasteiger partial charge in [0.25, 0.3) is 10.0 Å². The van der Waals surface area contributed by atoms with E-state index in [0.717, 1.165) is 16.9 Å². The monoisotopic (exact) mass is 411 g/mol. The van der Waals surface area contributed by atoms with E-state index in [2.05, 4.69) is 14.8 Å². The van der Waals surface area contributed by atoms with Crippen LogP contribution in [0.25, 0.3) is 16.9 Å². The van der Waals surface area contributed by atoms with Gasteiger partial charge in [0.15, 0.2) is 0 Å². The first-order chi connectivity index (χ1) is 13.8. The first kappa shape index (κ1) is 19.0. The van der Waals surface area contributed by atoms with Crippen molar-refractivity contribution in [3.8, 4) is 17.0 Å². The van der Waals surface area contributed by atoms with Crippen molar-refractivity contribution in [3.63, 3.8) is 0 Å². The number of aryl methyl sites for hydroxylation is 2. The van der Waals surface area contributed by atoms with Crippen LogP contribution in [-0.2, 0) is 17.1 Å². The Bertz CT molecular complexity index is 1290. The summed E-state index contributed by atoms with van der Waals surface area (Å²) in [6.07, 6.45) is 3.80. The molecule has 0 bridgehead atoms. The number of fused-ring (bicyclic) bond motifs is 1. The molecule has 0 amide bonds. The van der Waals surface area contributed by atoms with Crippen LogP contribution in [0, 0.1) is 13.8 Å². The van der Waals surface area contributed by atoms with E-state index in [4.69, 9.17) is 4.74 Å². The van der Waals surface area contributed by atoms with Gasteiger partial charge in [0.1, 0.15) is 16.3 Å². The number of ether oxygens (including phenoxy) is 1. The molecule has 29 heavy (non-hydrogen) atoms. The number of nitrogens with zero attached hydrogens (tertiary/aromatic N) is 4. The minimum Gasteiger partial charge on any atom is -0.495 e. The number of aromatic nitrogens is 4. The molecule has 0 unspecified atom stereocenters. The lowest BCUT2D eigenvalue weighted by Crippen LogP contribution is -2.15. The molecule has 1 N–H and O–H groups in total. The Balaban J connectivity index is 1.78. The van der Waals surface area contributed by atoms with Crippen molar-refractivity contribution in [2.24, 2.45) is 7.05 Å². The fourth-order valence-corrected chi connectivity index (χ4v) is 4.86. The number of rotatable bonds is 5. The van der Waals surface area contributed by atoms with Gasteiger partial charge in [-0.2, -0.15) is 5.10 Å². The van der Waals surface area contributed by atoms with E-state index in [-0.39, 0.29) is 4.90 Å². The lowest BCUT2D eigenvalue weighted by Gasteiger charge is -2.13. The Hall–Kier alpha value is -3.33. The third kappa shape index (κ3) is 3.33. The summed E-state index contributed by atoms with van der Waals surface area (Å²) in [6, 6.07) is 11.0. The average molecular weight is 411 g/mol. The van der Waals surface area contributed by atoms with Gasteiger partial charge in [-0.3, -0.25) is 9.40 Å². The second-order valence-corrected chi connectivity index (χ2v) is 8.36. The summed E-state index contributed by atoms with van der Waals surface area (Å²) in [7, 11) is -0.636. The zero-order valence-corrected chi connectivity index (χ0v) is 17.4. The summed E-state index contributed by atoms with van der Waals surface area (Å²) in [5, 5.41) is 4.20. The molecule has 3 heterocycles. The van der Waals surface area contributed by atoms with E-state index in [1.807, 2.05) is 41.1 Å². The Morgan fingerprint density at radius 1 is 1.14 bits per heavy atom. The molecule has 8 nitrogen and oxygen atoms in total. The van der Waals surface area contributed by atoms with Gasteiger partial charge in [-0.25, -0.2) is 13.4 Å². The molecule has 0 aliphatic rings. The highest BCUT2D eigenvalue weighted by Gasteiger charge is 2.25. The molecule has 0 spiro atoms. The van der Waals surface area contributed by atoms with Gasteiger partial charge in [0.05, 0.1) is 29.9 Å². The minimum absolute atomic E-state index is 0.167. The molecular formula is C20H21N5O3S. The van der Waals surface area contributed by atoms with Crippen molar-refractivity contribution < 1.29 is 13.2 Å². The molecule has 0 saturated carbocycles. The molecule has 4 aromatic rings. The first-order valence-corrected chi connectivity index (χ1v) is 10.4. The lowest BCUT2D eigenvalue weighted by molar-refractivity contribution is 0.417. The third-order valence-corrected chi connectivity index (χ3v) is 6.43. The molecule has 0 atom stereocenters. The van der Waals surface area contributed by atoms with Crippen LogP contribution in [0.3, 0.4) is 0 Å². The normalized spacial score (nSPS) is 11.7. The van der Waals surface area contributed by atoms with Crippen LogP contribution in [-0.4, -0.2) is 34.7 Å². The summed E-state index contributed by atoms with van der Waals surface area (Å²) >= 11 is 0. The van der Waals surface area contributed by atoms with Gasteiger partial charge >= 0.3 is 0 Å². The highest BCUT2D eigenvalue weighted by atomic mass is 32.2. The van der Waals surface area contributed by atoms with Crippen LogP contribution in [0.2, 0.25) is 0 Å². The summed E-state index contributed by atoms with van der Waals surface area (Å²) in [5.74, 6) is 0.417. The zero-order valence-electron chi connectivity index (χ0n) is 16.5. The number of nitrogens with one attached hydrogen (secondary N) is 1. The van der Waals surface area contributed by atoms with Gasteiger partial charge in [0, 0.05) is 25.0 Å². The predicted octanol–water partition coefficient (Wildman–Crippen LogP) is 3.16. The molecule has 0 radical (unpaired) electrons. The molecule has 0 aliphatic carbocycles. The number of anilines is 1. The van der Waals surface area contributed by atoms with Crippen LogP contribution in [0.15, 0.2) is 53.7 Å². The zero-order chi connectivity index (χ0) is 20.8. The number of benzene rings is 1. The third-order valence-electron chi connectivity index (χ3n) is 4.81. The number of imidazole rings is 1. The Labute approximate surface area is 168 Å². The van der Waals surface area contributed by atoms with Crippen molar-refractivity contribution in [3.05, 3.63) is 60.2 Å². The molecular weight excluding hydrogens is 390 g/mol. The smallest absolute Gasteiger partial charge is 0.265 e. The predicted molar refractivity (Wildman–Crippen MR) is 111 cm³/mol. The van der Waals surface area contributed by atoms with Crippen molar-refractivity contribution >= 4 is 21.4 Å². The minimum atomic E-state index is -3.85. The molecule has 150 valence electrons. The molecule has 3 aromatic heterocycles. The van der Waals surface area contributed by atoms with E-state index in [0.29, 0.717) is 22.8 Å². The summed E-state index contributed by atoms with van der Waals surface area (Å²) in [5.41, 5.74) is 3.64. The summed E-state index contributed by atoms with van der Waals surface area (Å²) < 4.78 is 37.6. The van der Waals surface area contributed by atoms with Crippen molar-refractivity contribution in [1.29, 1.82) is 0 Å². The molecule has 0 saturated heterocycles. The van der Waals surface area contributed by atoms with Gasteiger partial charge < -0.3 is 9.14 Å².